The maximum Gasteiger partial charge on any atom is 0.347 e. The third-order valence-corrected chi connectivity index (χ3v) is 4.39. The van der Waals surface area contributed by atoms with Gasteiger partial charge >= 0.3 is 5.97 Å². The number of hydrogen-bond acceptors (Lipinski definition) is 5. The van der Waals surface area contributed by atoms with Crippen molar-refractivity contribution in [2.75, 3.05) is 0 Å². The number of nitriles is 1. The number of nitrogens with zero attached hydrogens (tertiary/aromatic N) is 1. The molecule has 0 aliphatic carbocycles. The second-order valence-electron chi connectivity index (χ2n) is 6.74. The number of amides is 1. The summed E-state index contributed by atoms with van der Waals surface area (Å²) in [6.07, 6.45) is -0.144. The van der Waals surface area contributed by atoms with E-state index >= 15 is 0 Å². The highest BCUT2D eigenvalue weighted by Gasteiger charge is 2.25. The molecular weight excluding hydrogens is 368 g/mol. The maximum absolute atomic E-state index is 12.5. The fourth-order valence-electron chi connectivity index (χ4n) is 2.77. The fraction of sp³-hybridized carbons (Fsp3) is 0.348. The smallest absolute Gasteiger partial charge is 0.347 e. The average Bonchev–Trinajstić information content (AvgIpc) is 2.74. The van der Waals surface area contributed by atoms with Crippen LogP contribution in [0.5, 0.6) is 5.75 Å². The molecular formula is C23H26N2O4. The molecule has 0 aliphatic heterocycles. The minimum atomic E-state index is -0.947. The summed E-state index contributed by atoms with van der Waals surface area (Å²) >= 11 is 0. The Bertz CT molecular complexity index is 843. The monoisotopic (exact) mass is 394 g/mol. The topological polar surface area (TPSA) is 88.4 Å². The van der Waals surface area contributed by atoms with Gasteiger partial charge in [-0.1, -0.05) is 43.7 Å². The van der Waals surface area contributed by atoms with Crippen LogP contribution in [-0.4, -0.2) is 24.1 Å². The average molecular weight is 394 g/mol. The zero-order chi connectivity index (χ0) is 21.2. The molecule has 0 fully saturated rings. The van der Waals surface area contributed by atoms with Crippen molar-refractivity contribution in [3.63, 3.8) is 0 Å². The number of carbonyl (C=O) groups excluding carboxylic acids is 2. The van der Waals surface area contributed by atoms with Gasteiger partial charge in [0.05, 0.1) is 17.7 Å². The van der Waals surface area contributed by atoms with Crippen LogP contribution in [0.25, 0.3) is 0 Å². The largest absolute Gasteiger partial charge is 0.479 e. The third kappa shape index (κ3) is 6.65. The molecule has 0 heterocycles. The Morgan fingerprint density at radius 1 is 1.03 bits per heavy atom. The Balaban J connectivity index is 1.91. The Kier molecular flexibility index (Phi) is 8.23. The predicted octanol–water partition coefficient (Wildman–Crippen LogP) is 3.91. The fourth-order valence-corrected chi connectivity index (χ4v) is 2.77. The van der Waals surface area contributed by atoms with E-state index in [0.717, 1.165) is 18.4 Å². The van der Waals surface area contributed by atoms with Crippen LogP contribution in [0.3, 0.4) is 0 Å². The summed E-state index contributed by atoms with van der Waals surface area (Å²) in [5, 5.41) is 11.8. The first-order chi connectivity index (χ1) is 13.9. The molecule has 0 saturated heterocycles. The van der Waals surface area contributed by atoms with Crippen LogP contribution in [0, 0.1) is 11.3 Å². The molecule has 0 unspecified atom stereocenters. The first-order valence-corrected chi connectivity index (χ1v) is 9.67. The van der Waals surface area contributed by atoms with Crippen LogP contribution in [0.15, 0.2) is 54.6 Å². The van der Waals surface area contributed by atoms with Crippen LogP contribution in [0.4, 0.5) is 0 Å². The molecule has 0 aliphatic rings. The number of rotatable bonds is 9. The number of benzene rings is 2. The van der Waals surface area contributed by atoms with E-state index in [-0.39, 0.29) is 11.9 Å². The van der Waals surface area contributed by atoms with Crippen LogP contribution in [0.2, 0.25) is 0 Å². The summed E-state index contributed by atoms with van der Waals surface area (Å²) in [4.78, 5) is 24.8. The molecule has 6 heteroatoms. The van der Waals surface area contributed by atoms with Crippen molar-refractivity contribution in [3.05, 3.63) is 65.7 Å². The van der Waals surface area contributed by atoms with Crippen LogP contribution in [0.1, 0.15) is 50.8 Å². The zero-order valence-electron chi connectivity index (χ0n) is 16.9. The quantitative estimate of drug-likeness (QED) is 0.651. The summed E-state index contributed by atoms with van der Waals surface area (Å²) in [6, 6.07) is 18.0. The molecule has 0 radical (unpaired) electrons. The molecule has 0 bridgehead atoms. The van der Waals surface area contributed by atoms with Gasteiger partial charge in [-0.2, -0.15) is 5.26 Å². The predicted molar refractivity (Wildman–Crippen MR) is 109 cm³/mol. The molecule has 2 rings (SSSR count). The van der Waals surface area contributed by atoms with Gasteiger partial charge in [0.25, 0.3) is 5.91 Å². The molecule has 1 amide bonds. The normalized spacial score (nSPS) is 13.4. The molecule has 2 aromatic rings. The van der Waals surface area contributed by atoms with E-state index in [0.29, 0.717) is 11.3 Å². The maximum atomic E-state index is 12.5. The first kappa shape index (κ1) is 22.0. The second-order valence-corrected chi connectivity index (χ2v) is 6.74. The van der Waals surface area contributed by atoms with Crippen LogP contribution >= 0.6 is 0 Å². The van der Waals surface area contributed by atoms with Crippen molar-refractivity contribution in [1.29, 1.82) is 5.26 Å². The Morgan fingerprint density at radius 3 is 2.28 bits per heavy atom. The molecule has 152 valence electrons. The summed E-state index contributed by atoms with van der Waals surface area (Å²) in [5.41, 5.74) is 1.51. The Morgan fingerprint density at radius 2 is 1.69 bits per heavy atom. The second kappa shape index (κ2) is 10.9. The van der Waals surface area contributed by atoms with Crippen molar-refractivity contribution in [1.82, 2.24) is 5.32 Å². The van der Waals surface area contributed by atoms with E-state index in [1.165, 1.54) is 6.92 Å². The van der Waals surface area contributed by atoms with Gasteiger partial charge in [-0.15, -0.1) is 0 Å². The van der Waals surface area contributed by atoms with E-state index in [2.05, 4.69) is 5.32 Å². The molecule has 2 aromatic carbocycles. The third-order valence-electron chi connectivity index (χ3n) is 4.39. The standard InChI is InChI=1S/C23H26N2O4/c1-4-8-21(19-9-6-5-7-10-19)25-22(26)16(2)29-23(27)17(3)28-20-13-11-18(15-24)12-14-20/h5-7,9-14,16-17,21H,4,8H2,1-3H3,(H,25,26)/t16-,17-,21+/m1/s1. The van der Waals surface area contributed by atoms with E-state index in [1.54, 1.807) is 31.2 Å². The highest BCUT2D eigenvalue weighted by atomic mass is 16.6. The minimum absolute atomic E-state index is 0.137. The summed E-state index contributed by atoms with van der Waals surface area (Å²) in [6.45, 7) is 5.14. The molecule has 0 saturated carbocycles. The van der Waals surface area contributed by atoms with Gasteiger partial charge in [0, 0.05) is 0 Å². The summed E-state index contributed by atoms with van der Waals surface area (Å²) < 4.78 is 10.8. The van der Waals surface area contributed by atoms with Gasteiger partial charge < -0.3 is 14.8 Å². The molecule has 3 atom stereocenters. The van der Waals surface area contributed by atoms with Gasteiger partial charge in [-0.25, -0.2) is 4.79 Å². The van der Waals surface area contributed by atoms with Crippen molar-refractivity contribution in [2.24, 2.45) is 0 Å². The summed E-state index contributed by atoms with van der Waals surface area (Å²) in [7, 11) is 0. The first-order valence-electron chi connectivity index (χ1n) is 9.67. The van der Waals surface area contributed by atoms with Gasteiger partial charge in [-0.3, -0.25) is 4.79 Å². The van der Waals surface area contributed by atoms with Crippen molar-refractivity contribution in [3.8, 4) is 11.8 Å². The molecule has 0 spiro atoms. The number of ether oxygens (including phenoxy) is 2. The van der Waals surface area contributed by atoms with Crippen molar-refractivity contribution >= 4 is 11.9 Å². The van der Waals surface area contributed by atoms with Gasteiger partial charge in [-0.05, 0) is 50.1 Å². The highest BCUT2D eigenvalue weighted by molar-refractivity contribution is 5.84. The Labute approximate surface area is 171 Å². The van der Waals surface area contributed by atoms with E-state index < -0.39 is 18.2 Å². The lowest BCUT2D eigenvalue weighted by molar-refractivity contribution is -0.161. The zero-order valence-corrected chi connectivity index (χ0v) is 16.9. The molecule has 6 nitrogen and oxygen atoms in total. The molecule has 0 aromatic heterocycles. The van der Waals surface area contributed by atoms with Crippen molar-refractivity contribution < 1.29 is 19.1 Å². The molecule has 29 heavy (non-hydrogen) atoms. The lowest BCUT2D eigenvalue weighted by atomic mass is 10.0. The van der Waals surface area contributed by atoms with E-state index in [4.69, 9.17) is 14.7 Å². The van der Waals surface area contributed by atoms with Crippen molar-refractivity contribution in [2.45, 2.75) is 51.9 Å². The van der Waals surface area contributed by atoms with Crippen LogP contribution < -0.4 is 10.1 Å². The summed E-state index contributed by atoms with van der Waals surface area (Å²) in [5.74, 6) is -0.548. The highest BCUT2D eigenvalue weighted by Crippen LogP contribution is 2.19. The van der Waals surface area contributed by atoms with Gasteiger partial charge in [0.1, 0.15) is 5.75 Å². The number of nitrogens with one attached hydrogen (secondary N) is 1. The minimum Gasteiger partial charge on any atom is -0.479 e. The van der Waals surface area contributed by atoms with E-state index in [9.17, 15) is 9.59 Å². The number of esters is 1. The molecule has 1 N–H and O–H groups in total. The van der Waals surface area contributed by atoms with Crippen LogP contribution in [-0.2, 0) is 14.3 Å². The number of carbonyl (C=O) groups is 2. The van der Waals surface area contributed by atoms with Gasteiger partial charge in [0.2, 0.25) is 0 Å². The number of hydrogen-bond donors (Lipinski definition) is 1. The Hall–Kier alpha value is -3.33. The van der Waals surface area contributed by atoms with Gasteiger partial charge in [0.15, 0.2) is 12.2 Å². The van der Waals surface area contributed by atoms with E-state index in [1.807, 2.05) is 43.3 Å². The SMILES string of the molecule is CCC[C@H](NC(=O)[C@@H](C)OC(=O)[C@@H](C)Oc1ccc(C#N)cc1)c1ccccc1. The lowest BCUT2D eigenvalue weighted by Gasteiger charge is -2.22. The lowest BCUT2D eigenvalue weighted by Crippen LogP contribution is -2.40.